The minimum Gasteiger partial charge on any atom is -0.399 e. The fraction of sp³-hybridized carbons (Fsp3) is 0.571. The van der Waals surface area contributed by atoms with Crippen LogP contribution < -0.4 is 5.73 Å². The molecular weight excluding hydrogens is 260 g/mol. The minimum absolute atomic E-state index is 0.355. The van der Waals surface area contributed by atoms with E-state index in [1.165, 1.54) is 0 Å². The van der Waals surface area contributed by atoms with Gasteiger partial charge in [0.2, 0.25) is 10.0 Å². The lowest BCUT2D eigenvalue weighted by Gasteiger charge is -2.20. The van der Waals surface area contributed by atoms with Crippen molar-refractivity contribution in [3.63, 3.8) is 0 Å². The lowest BCUT2D eigenvalue weighted by Crippen LogP contribution is -2.32. The van der Waals surface area contributed by atoms with Crippen molar-refractivity contribution in [2.75, 3.05) is 18.8 Å². The maximum absolute atomic E-state index is 12.6. The van der Waals surface area contributed by atoms with Gasteiger partial charge >= 0.3 is 0 Å². The molecule has 0 saturated carbocycles. The third kappa shape index (κ3) is 3.09. The van der Waals surface area contributed by atoms with Crippen molar-refractivity contribution in [2.24, 2.45) is 5.92 Å². The number of aryl methyl sites for hydroxylation is 1. The summed E-state index contributed by atoms with van der Waals surface area (Å²) in [4.78, 5) is 0.355. The highest BCUT2D eigenvalue weighted by molar-refractivity contribution is 7.89. The van der Waals surface area contributed by atoms with Gasteiger partial charge in [-0.05, 0) is 55.9 Å². The maximum atomic E-state index is 12.6. The summed E-state index contributed by atoms with van der Waals surface area (Å²) in [5.74, 6) is 0.605. The van der Waals surface area contributed by atoms with E-state index in [4.69, 9.17) is 5.73 Å². The third-order valence-electron chi connectivity index (χ3n) is 3.85. The van der Waals surface area contributed by atoms with Gasteiger partial charge in [0, 0.05) is 18.8 Å². The Bertz CT molecular complexity index is 555. The Morgan fingerprint density at radius 3 is 2.68 bits per heavy atom. The number of nitrogens with zero attached hydrogens (tertiary/aromatic N) is 1. The molecule has 1 atom stereocenters. The van der Waals surface area contributed by atoms with E-state index >= 15 is 0 Å². The van der Waals surface area contributed by atoms with E-state index in [1.807, 2.05) is 6.92 Å². The van der Waals surface area contributed by atoms with Crippen LogP contribution in [-0.4, -0.2) is 25.8 Å². The molecule has 4 nitrogen and oxygen atoms in total. The molecule has 2 rings (SSSR count). The van der Waals surface area contributed by atoms with E-state index < -0.39 is 10.0 Å². The number of nitrogens with two attached hydrogens (primary N) is 1. The Labute approximate surface area is 115 Å². The highest BCUT2D eigenvalue weighted by atomic mass is 32.2. The molecule has 0 bridgehead atoms. The lowest BCUT2D eigenvalue weighted by molar-refractivity contribution is 0.417. The monoisotopic (exact) mass is 282 g/mol. The van der Waals surface area contributed by atoms with Crippen LogP contribution in [0.3, 0.4) is 0 Å². The van der Waals surface area contributed by atoms with E-state index in [0.717, 1.165) is 24.8 Å². The van der Waals surface area contributed by atoms with Crippen molar-refractivity contribution < 1.29 is 8.42 Å². The molecule has 1 aliphatic rings. The van der Waals surface area contributed by atoms with E-state index in [9.17, 15) is 8.42 Å². The Morgan fingerprint density at radius 1 is 1.26 bits per heavy atom. The van der Waals surface area contributed by atoms with Crippen molar-refractivity contribution in [1.82, 2.24) is 4.31 Å². The number of hydrogen-bond acceptors (Lipinski definition) is 3. The minimum atomic E-state index is -3.37. The number of sulfonamides is 1. The SMILES string of the molecule is Cc1cc(S(=O)(=O)N2CCCC(C)CC2)ccc1N. The molecule has 0 amide bonds. The van der Waals surface area contributed by atoms with E-state index in [-0.39, 0.29) is 0 Å². The van der Waals surface area contributed by atoms with Gasteiger partial charge in [-0.15, -0.1) is 0 Å². The number of nitrogen functional groups attached to an aromatic ring is 1. The largest absolute Gasteiger partial charge is 0.399 e. The zero-order chi connectivity index (χ0) is 14.0. The van der Waals surface area contributed by atoms with Crippen LogP contribution in [0.25, 0.3) is 0 Å². The van der Waals surface area contributed by atoms with Crippen molar-refractivity contribution in [3.05, 3.63) is 23.8 Å². The summed E-state index contributed by atoms with van der Waals surface area (Å²) >= 11 is 0. The Morgan fingerprint density at radius 2 is 2.00 bits per heavy atom. The third-order valence-corrected chi connectivity index (χ3v) is 5.75. The van der Waals surface area contributed by atoms with Gasteiger partial charge in [0.15, 0.2) is 0 Å². The molecular formula is C14H22N2O2S. The molecule has 1 unspecified atom stereocenters. The molecule has 0 spiro atoms. The zero-order valence-electron chi connectivity index (χ0n) is 11.6. The topological polar surface area (TPSA) is 63.4 Å². The van der Waals surface area contributed by atoms with Crippen LogP contribution >= 0.6 is 0 Å². The number of hydrogen-bond donors (Lipinski definition) is 1. The van der Waals surface area contributed by atoms with Crippen LogP contribution in [0.4, 0.5) is 5.69 Å². The molecule has 1 aromatic rings. The summed E-state index contributed by atoms with van der Waals surface area (Å²) in [6.07, 6.45) is 2.98. The van der Waals surface area contributed by atoms with E-state index in [2.05, 4.69) is 6.92 Å². The average molecular weight is 282 g/mol. The van der Waals surface area contributed by atoms with Gasteiger partial charge in [-0.25, -0.2) is 8.42 Å². The van der Waals surface area contributed by atoms with Gasteiger partial charge in [-0.2, -0.15) is 4.31 Å². The first kappa shape index (κ1) is 14.3. The molecule has 5 heteroatoms. The van der Waals surface area contributed by atoms with Crippen molar-refractivity contribution >= 4 is 15.7 Å². The Kier molecular flexibility index (Phi) is 4.16. The normalized spacial score (nSPS) is 22.1. The summed E-state index contributed by atoms with van der Waals surface area (Å²) in [6.45, 7) is 5.26. The predicted octanol–water partition coefficient (Wildman–Crippen LogP) is 2.39. The summed E-state index contributed by atoms with van der Waals surface area (Å²) in [5.41, 5.74) is 7.18. The maximum Gasteiger partial charge on any atom is 0.243 e. The summed E-state index contributed by atoms with van der Waals surface area (Å²) < 4.78 is 26.8. The van der Waals surface area contributed by atoms with Gasteiger partial charge in [0.25, 0.3) is 0 Å². The molecule has 0 aliphatic carbocycles. The molecule has 2 N–H and O–H groups in total. The van der Waals surface area contributed by atoms with Gasteiger partial charge in [0.05, 0.1) is 4.90 Å². The second-order valence-electron chi connectivity index (χ2n) is 5.46. The van der Waals surface area contributed by atoms with Gasteiger partial charge in [-0.3, -0.25) is 0 Å². The highest BCUT2D eigenvalue weighted by Crippen LogP contribution is 2.24. The number of rotatable bonds is 2. The fourth-order valence-corrected chi connectivity index (χ4v) is 4.01. The predicted molar refractivity (Wildman–Crippen MR) is 77.4 cm³/mol. The number of benzene rings is 1. The first-order chi connectivity index (χ1) is 8.91. The Hall–Kier alpha value is -1.07. The molecule has 106 valence electrons. The second-order valence-corrected chi connectivity index (χ2v) is 7.40. The van der Waals surface area contributed by atoms with Gasteiger partial charge in [0.1, 0.15) is 0 Å². The van der Waals surface area contributed by atoms with Crippen LogP contribution in [0, 0.1) is 12.8 Å². The molecule has 0 radical (unpaired) electrons. The molecule has 19 heavy (non-hydrogen) atoms. The van der Waals surface area contributed by atoms with E-state index in [0.29, 0.717) is 29.6 Å². The molecule has 1 heterocycles. The fourth-order valence-electron chi connectivity index (χ4n) is 2.43. The average Bonchev–Trinajstić information content (AvgIpc) is 2.57. The van der Waals surface area contributed by atoms with Gasteiger partial charge in [-0.1, -0.05) is 6.92 Å². The highest BCUT2D eigenvalue weighted by Gasteiger charge is 2.26. The standard InChI is InChI=1S/C14H22N2O2S/c1-11-4-3-8-16(9-7-11)19(17,18)13-5-6-14(15)12(2)10-13/h5-6,10-11H,3-4,7-9,15H2,1-2H3. The first-order valence-corrected chi connectivity index (χ1v) is 8.21. The second kappa shape index (κ2) is 5.51. The van der Waals surface area contributed by atoms with Crippen molar-refractivity contribution in [3.8, 4) is 0 Å². The van der Waals surface area contributed by atoms with E-state index in [1.54, 1.807) is 22.5 Å². The van der Waals surface area contributed by atoms with Gasteiger partial charge < -0.3 is 5.73 Å². The molecule has 1 aromatic carbocycles. The molecule has 0 aromatic heterocycles. The molecule has 1 aliphatic heterocycles. The zero-order valence-corrected chi connectivity index (χ0v) is 12.4. The van der Waals surface area contributed by atoms with Crippen molar-refractivity contribution in [1.29, 1.82) is 0 Å². The Balaban J connectivity index is 2.28. The van der Waals surface area contributed by atoms with Crippen molar-refractivity contribution in [2.45, 2.75) is 38.0 Å². The van der Waals surface area contributed by atoms with Crippen LogP contribution in [0.1, 0.15) is 31.7 Å². The quantitative estimate of drug-likeness (QED) is 0.847. The number of anilines is 1. The first-order valence-electron chi connectivity index (χ1n) is 6.77. The summed E-state index contributed by atoms with van der Waals surface area (Å²) in [6, 6.07) is 4.94. The van der Waals surface area contributed by atoms with Crippen LogP contribution in [-0.2, 0) is 10.0 Å². The smallest absolute Gasteiger partial charge is 0.243 e. The molecule has 1 fully saturated rings. The summed E-state index contributed by atoms with van der Waals surface area (Å²) in [5, 5.41) is 0. The lowest BCUT2D eigenvalue weighted by atomic mass is 10.0. The summed E-state index contributed by atoms with van der Waals surface area (Å²) in [7, 11) is -3.37. The molecule has 1 saturated heterocycles. The van der Waals surface area contributed by atoms with Crippen LogP contribution in [0.15, 0.2) is 23.1 Å². The van der Waals surface area contributed by atoms with Crippen LogP contribution in [0.5, 0.6) is 0 Å². The van der Waals surface area contributed by atoms with Crippen LogP contribution in [0.2, 0.25) is 0 Å².